The van der Waals surface area contributed by atoms with E-state index >= 15 is 0 Å². The average molecular weight is 2000 g/mol. The van der Waals surface area contributed by atoms with Gasteiger partial charge < -0.3 is 66.3 Å². The van der Waals surface area contributed by atoms with Gasteiger partial charge in [0.15, 0.2) is 0 Å². The molecule has 148 heavy (non-hydrogen) atoms. The summed E-state index contributed by atoms with van der Waals surface area (Å²) in [5.41, 5.74) is 12.0. The number of benzene rings is 12. The van der Waals surface area contributed by atoms with Crippen molar-refractivity contribution < 1.29 is 105 Å². The van der Waals surface area contributed by atoms with Gasteiger partial charge in [0.25, 0.3) is 0 Å². The van der Waals surface area contributed by atoms with Gasteiger partial charge >= 0.3 is 48.9 Å². The van der Waals surface area contributed by atoms with E-state index in [1.807, 2.05) is 165 Å². The normalized spacial score (nSPS) is 16.8. The van der Waals surface area contributed by atoms with Gasteiger partial charge in [-0.05, 0) is 284 Å². The lowest BCUT2D eigenvalue weighted by molar-refractivity contribution is -0.153. The molecule has 4 aliphatic carbocycles. The molecule has 8 atom stereocenters. The number of ether oxygens (including phenoxy) is 14. The zero-order chi connectivity index (χ0) is 104. The average Bonchev–Trinajstić information content (AvgIpc) is 0.728. The quantitative estimate of drug-likeness (QED) is 0.0133. The van der Waals surface area contributed by atoms with E-state index in [9.17, 15) is 38.4 Å². The molecule has 0 saturated carbocycles. The zero-order valence-electron chi connectivity index (χ0n) is 86.8. The van der Waals surface area contributed by atoms with Crippen molar-refractivity contribution in [1.82, 2.24) is 0 Å². The van der Waals surface area contributed by atoms with E-state index in [0.717, 1.165) is 159 Å². The highest BCUT2D eigenvalue weighted by Crippen LogP contribution is 2.47. The summed E-state index contributed by atoms with van der Waals surface area (Å²) >= 11 is 0. The van der Waals surface area contributed by atoms with Crippen molar-refractivity contribution in [2.45, 2.75) is 260 Å². The highest BCUT2D eigenvalue weighted by atomic mass is 16.8. The van der Waals surface area contributed by atoms with Crippen LogP contribution in [0.15, 0.2) is 194 Å². The smallest absolute Gasteiger partial charge is 0.458 e. The molecule has 0 spiro atoms. The third-order valence-corrected chi connectivity index (χ3v) is 26.5. The lowest BCUT2D eigenvalue weighted by Crippen LogP contribution is -2.24. The van der Waals surface area contributed by atoms with E-state index in [2.05, 4.69) is 146 Å². The number of unbranched alkanes of at least 4 members (excludes halogenated alkanes) is 10. The van der Waals surface area contributed by atoms with E-state index < -0.39 is 85.8 Å². The van der Waals surface area contributed by atoms with Crippen LogP contribution in [0.1, 0.15) is 349 Å². The first-order valence-electron chi connectivity index (χ1n) is 52.4. The maximum absolute atomic E-state index is 13.0. The van der Waals surface area contributed by atoms with E-state index in [1.54, 1.807) is 0 Å². The van der Waals surface area contributed by atoms with Crippen molar-refractivity contribution in [3.8, 4) is 47.4 Å². The molecule has 0 N–H and O–H groups in total. The number of esters is 2. The summed E-state index contributed by atoms with van der Waals surface area (Å²) in [4.78, 5) is 101. The van der Waals surface area contributed by atoms with Crippen molar-refractivity contribution in [2.75, 3.05) is 39.6 Å². The second-order valence-corrected chi connectivity index (χ2v) is 40.3. The van der Waals surface area contributed by atoms with Gasteiger partial charge in [-0.2, -0.15) is 0 Å². The Morgan fingerprint density at radius 1 is 0.236 bits per heavy atom. The second-order valence-electron chi connectivity index (χ2n) is 40.3. The number of rotatable bonds is 30. The van der Waals surface area contributed by atoms with Gasteiger partial charge in [-0.1, -0.05) is 266 Å². The maximum Gasteiger partial charge on any atom is 0.508 e. The van der Waals surface area contributed by atoms with Gasteiger partial charge in [0.05, 0.1) is 39.6 Å². The first-order valence-corrected chi connectivity index (χ1v) is 52.4. The van der Waals surface area contributed by atoms with Gasteiger partial charge in [0.1, 0.15) is 48.8 Å². The Kier molecular flexibility index (Phi) is 37.6. The summed E-state index contributed by atoms with van der Waals surface area (Å²) in [6.45, 7) is 24.3. The van der Waals surface area contributed by atoms with Crippen LogP contribution < -0.4 is 0 Å². The summed E-state index contributed by atoms with van der Waals surface area (Å²) < 4.78 is 79.2. The summed E-state index contributed by atoms with van der Waals surface area (Å²) in [5.74, 6) is 27.2. The van der Waals surface area contributed by atoms with Crippen molar-refractivity contribution in [3.63, 3.8) is 0 Å². The summed E-state index contributed by atoms with van der Waals surface area (Å²) in [7, 11) is 0. The SMILES string of the molecule is CC(C)COC(=O)OC1CCC(OC(=O)OCC(C)C)c2cc(C#Cc3c4cc5ccccc5cc4c(C#Cc4ccc5c(c4)C(OC(=O)OCC(C)C)CCC5OC(=O)OCC(C)C)c4cc5ccccc5cc34)ccc21.CCCCCCCCOC(=O)OC1CCC(OC(=O)OCCCCCCCC)c2cc(C#Cc3ccc4cc5cc(C#Cc6ccc7c(c6)C(OC(C)=O)CCC7OC(C)=O)ccc5cc4c3)ccc21. The lowest BCUT2D eigenvalue weighted by Gasteiger charge is -2.30. The van der Waals surface area contributed by atoms with E-state index in [-0.39, 0.29) is 62.0 Å². The van der Waals surface area contributed by atoms with Gasteiger partial charge in [0.2, 0.25) is 0 Å². The Morgan fingerprint density at radius 3 is 0.730 bits per heavy atom. The van der Waals surface area contributed by atoms with Crippen LogP contribution in [0.5, 0.6) is 0 Å². The van der Waals surface area contributed by atoms with E-state index in [4.69, 9.17) is 66.3 Å². The molecule has 8 unspecified atom stereocenters. The molecular formula is C126H132O22. The molecule has 0 fully saturated rings. The molecule has 22 nitrogen and oxygen atoms in total. The third kappa shape index (κ3) is 29.3. The molecule has 0 amide bonds. The Balaban J connectivity index is 0.000000223. The standard InChI is InChI=1S/C66H66O12.C60H66O10/c1-39(2)35-71-63(67)75-59-25-27-61(77-65(69)73-37-41(5)6)57-29-43(19-23-51(57)59)17-21-49-53-31-45-13-9-11-15-47(45)33-55(53)50(56-34-48-16-12-10-14-46(48)32-54(49)56)22-18-44-20-24-52-58(30-44)62(78-66(70)74-38-42(7)8)28-26-60(52)76-64(68)72-36-40(3)4;1-5-7-9-11-13-15-33-65-59(63)69-56-30-32-58(70-60(64)66-34-16-14-12-10-8-6-2)54-38-46(24-28-52(54)56)20-18-44-22-26-48-39-49-35-43(21-25-47(49)40-50(48)36-44)17-19-45-23-27-51-53(37-45)57(68-42(4)62)31-29-55(51)67-41(3)61/h9-16,19-20,23-24,29-34,39-42,59-62H,25-28,35-38H2,1-8H3;21-28,35-40,55-58H,5-16,29-34H2,1-4H3. The highest BCUT2D eigenvalue weighted by molar-refractivity contribution is 6.16. The molecule has 12 aromatic rings. The van der Waals surface area contributed by atoms with Crippen LogP contribution in [0.2, 0.25) is 0 Å². The molecule has 0 heterocycles. The molecule has 0 radical (unpaired) electrons. The van der Waals surface area contributed by atoms with Crippen LogP contribution in [0, 0.1) is 71.0 Å². The molecule has 22 heteroatoms. The Hall–Kier alpha value is -15.0. The fraction of sp³-hybridized carbons (Fsp3) is 0.397. The monoisotopic (exact) mass is 2000 g/mol. The number of hydrogen-bond donors (Lipinski definition) is 0. The van der Waals surface area contributed by atoms with Crippen LogP contribution in [0.4, 0.5) is 28.8 Å². The van der Waals surface area contributed by atoms with Crippen LogP contribution in [0.3, 0.4) is 0 Å². The largest absolute Gasteiger partial charge is 0.508 e. The molecule has 12 aromatic carbocycles. The van der Waals surface area contributed by atoms with E-state index in [1.165, 1.54) is 52.4 Å². The third-order valence-electron chi connectivity index (χ3n) is 26.5. The fourth-order valence-corrected chi connectivity index (χ4v) is 19.2. The molecule has 0 saturated heterocycles. The summed E-state index contributed by atoms with van der Waals surface area (Å²) in [6, 6.07) is 64.5. The first-order chi connectivity index (χ1) is 71.6. The minimum Gasteiger partial charge on any atom is -0.458 e. The van der Waals surface area contributed by atoms with Gasteiger partial charge in [-0.15, -0.1) is 0 Å². The van der Waals surface area contributed by atoms with Gasteiger partial charge in [-0.25, -0.2) is 28.8 Å². The van der Waals surface area contributed by atoms with Crippen LogP contribution in [-0.2, 0) is 75.9 Å². The van der Waals surface area contributed by atoms with Crippen molar-refractivity contribution >= 4 is 114 Å². The number of fused-ring (bicyclic) bond motifs is 10. The predicted octanol–water partition coefficient (Wildman–Crippen LogP) is 30.8. The molecule has 0 bridgehead atoms. The van der Waals surface area contributed by atoms with Crippen LogP contribution >= 0.6 is 0 Å². The minimum absolute atomic E-state index is 0.124. The van der Waals surface area contributed by atoms with Crippen molar-refractivity contribution in [3.05, 3.63) is 283 Å². The first kappa shape index (κ1) is 107. The second kappa shape index (κ2) is 51.9. The van der Waals surface area contributed by atoms with Crippen molar-refractivity contribution in [2.24, 2.45) is 23.7 Å². The predicted molar refractivity (Wildman–Crippen MR) is 571 cm³/mol. The Morgan fingerprint density at radius 2 is 0.459 bits per heavy atom. The van der Waals surface area contributed by atoms with E-state index in [0.29, 0.717) is 98.0 Å². The molecular weight excluding hydrogens is 1870 g/mol. The molecule has 768 valence electrons. The van der Waals surface area contributed by atoms with Gasteiger partial charge in [-0.3, -0.25) is 9.59 Å². The molecule has 0 aromatic heterocycles. The van der Waals surface area contributed by atoms with Crippen LogP contribution in [0.25, 0.3) is 64.6 Å². The number of carbonyl (C=O) groups is 8. The zero-order valence-corrected chi connectivity index (χ0v) is 86.8. The molecule has 16 rings (SSSR count). The molecule has 0 aliphatic heterocycles. The summed E-state index contributed by atoms with van der Waals surface area (Å²) in [6.07, 6.45) is 7.69. The topological polar surface area (TPSA) is 266 Å². The Labute approximate surface area is 867 Å². The highest BCUT2D eigenvalue weighted by Gasteiger charge is 2.38. The van der Waals surface area contributed by atoms with Crippen LogP contribution in [-0.4, -0.2) is 88.5 Å². The van der Waals surface area contributed by atoms with Gasteiger partial charge in [0, 0.05) is 80.6 Å². The number of carbonyl (C=O) groups excluding carboxylic acids is 8. The fourth-order valence-electron chi connectivity index (χ4n) is 19.2. The summed E-state index contributed by atoms with van der Waals surface area (Å²) in [5, 5.41) is 11.9. The van der Waals surface area contributed by atoms with Crippen molar-refractivity contribution in [1.29, 1.82) is 0 Å². The Bertz CT molecular complexity index is 6810. The molecule has 4 aliphatic rings. The minimum atomic E-state index is -0.768. The lowest BCUT2D eigenvalue weighted by atomic mass is 9.85. The maximum atomic E-state index is 13.0. The number of hydrogen-bond acceptors (Lipinski definition) is 22.